The Morgan fingerprint density at radius 1 is 0.844 bits per heavy atom. The number of aryl methyl sites for hydroxylation is 1. The van der Waals surface area contributed by atoms with E-state index in [2.05, 4.69) is 21.2 Å². The van der Waals surface area contributed by atoms with E-state index in [1.165, 1.54) is 17.0 Å². The van der Waals surface area contributed by atoms with Crippen LogP contribution in [-0.4, -0.2) is 43.3 Å². The van der Waals surface area contributed by atoms with Gasteiger partial charge in [-0.05, 0) is 87.4 Å². The molecule has 2 amide bonds. The minimum absolute atomic E-state index is 0.0550. The topological polar surface area (TPSA) is 86.8 Å². The quantitative estimate of drug-likeness (QED) is 0.179. The van der Waals surface area contributed by atoms with Crippen LogP contribution in [0.3, 0.4) is 0 Å². The van der Waals surface area contributed by atoms with Crippen LogP contribution in [0.2, 0.25) is 5.02 Å². The summed E-state index contributed by atoms with van der Waals surface area (Å²) in [4.78, 5) is 30.0. The Kier molecular flexibility index (Phi) is 11.1. The summed E-state index contributed by atoms with van der Waals surface area (Å²) >= 11 is 9.56. The minimum Gasteiger partial charge on any atom is -0.350 e. The first-order chi connectivity index (χ1) is 21.2. The van der Waals surface area contributed by atoms with E-state index >= 15 is 0 Å². The summed E-state index contributed by atoms with van der Waals surface area (Å²) in [6.07, 6.45) is 0.227. The molecule has 0 bridgehead atoms. The van der Waals surface area contributed by atoms with Crippen LogP contribution in [0.5, 0.6) is 0 Å². The Labute approximate surface area is 279 Å². The van der Waals surface area contributed by atoms with Gasteiger partial charge in [-0.2, -0.15) is 0 Å². The molecule has 10 heteroatoms. The van der Waals surface area contributed by atoms with E-state index in [1.54, 1.807) is 60.7 Å². The number of benzene rings is 4. The highest BCUT2D eigenvalue weighted by Gasteiger charge is 2.35. The van der Waals surface area contributed by atoms with E-state index in [1.807, 2.05) is 58.0 Å². The Balaban J connectivity index is 1.81. The van der Waals surface area contributed by atoms with Crippen molar-refractivity contribution >= 4 is 55.1 Å². The van der Waals surface area contributed by atoms with Crippen LogP contribution in [0.4, 0.5) is 5.69 Å². The van der Waals surface area contributed by atoms with Crippen LogP contribution in [-0.2, 0) is 32.6 Å². The van der Waals surface area contributed by atoms with E-state index < -0.39 is 34.1 Å². The lowest BCUT2D eigenvalue weighted by Gasteiger charge is -2.35. The summed E-state index contributed by atoms with van der Waals surface area (Å²) in [5, 5.41) is 3.57. The molecule has 4 aromatic rings. The van der Waals surface area contributed by atoms with Gasteiger partial charge in [0.2, 0.25) is 11.8 Å². The normalized spacial score (nSPS) is 12.3. The van der Waals surface area contributed by atoms with Gasteiger partial charge in [-0.15, -0.1) is 0 Å². The van der Waals surface area contributed by atoms with Crippen LogP contribution < -0.4 is 9.62 Å². The number of hydrogen-bond acceptors (Lipinski definition) is 4. The summed E-state index contributed by atoms with van der Waals surface area (Å²) in [6, 6.07) is 28.7. The molecule has 1 N–H and O–H groups in total. The van der Waals surface area contributed by atoms with Crippen LogP contribution >= 0.6 is 27.5 Å². The minimum atomic E-state index is -4.17. The number of carbonyl (C=O) groups is 2. The number of nitrogens with zero attached hydrogens (tertiary/aromatic N) is 2. The average Bonchev–Trinajstić information content (AvgIpc) is 2.99. The molecule has 7 nitrogen and oxygen atoms in total. The number of hydrogen-bond donors (Lipinski definition) is 1. The van der Waals surface area contributed by atoms with E-state index in [4.69, 9.17) is 11.6 Å². The first kappa shape index (κ1) is 34.2. The molecular formula is C35H37BrClN3O4S. The molecule has 0 aromatic heterocycles. The number of carbonyl (C=O) groups excluding carboxylic acids is 2. The lowest BCUT2D eigenvalue weighted by atomic mass is 10.0. The predicted octanol–water partition coefficient (Wildman–Crippen LogP) is 7.16. The second-order valence-electron chi connectivity index (χ2n) is 11.9. The molecule has 0 radical (unpaired) electrons. The second-order valence-corrected chi connectivity index (χ2v) is 15.1. The Morgan fingerprint density at radius 2 is 1.44 bits per heavy atom. The van der Waals surface area contributed by atoms with Crippen molar-refractivity contribution in [3.05, 3.63) is 129 Å². The molecule has 4 aromatic carbocycles. The molecule has 0 aliphatic carbocycles. The summed E-state index contributed by atoms with van der Waals surface area (Å²) in [5.41, 5.74) is 2.25. The summed E-state index contributed by atoms with van der Waals surface area (Å²) < 4.78 is 30.1. The van der Waals surface area contributed by atoms with Gasteiger partial charge in [0.15, 0.2) is 0 Å². The first-order valence-electron chi connectivity index (χ1n) is 14.5. The lowest BCUT2D eigenvalue weighted by Crippen LogP contribution is -2.56. The van der Waals surface area contributed by atoms with Crippen molar-refractivity contribution < 1.29 is 18.0 Å². The fraction of sp³-hybridized carbons (Fsp3) is 0.257. The molecule has 0 fully saturated rings. The van der Waals surface area contributed by atoms with Crippen LogP contribution in [0, 0.1) is 6.92 Å². The SMILES string of the molecule is Cc1ccc(S(=O)(=O)N(CC(=O)N(Cc2ccc(Cl)cc2)[C@@H](Cc2ccccc2)C(=O)NC(C)(C)C)c2ccc(Br)cc2)cc1. The molecule has 45 heavy (non-hydrogen) atoms. The van der Waals surface area contributed by atoms with Gasteiger partial charge in [-0.3, -0.25) is 13.9 Å². The summed E-state index contributed by atoms with van der Waals surface area (Å²) in [7, 11) is -4.17. The number of rotatable bonds is 11. The van der Waals surface area contributed by atoms with E-state index in [0.717, 1.165) is 25.5 Å². The van der Waals surface area contributed by atoms with Crippen molar-refractivity contribution in [3.8, 4) is 0 Å². The lowest BCUT2D eigenvalue weighted by molar-refractivity contribution is -0.140. The van der Waals surface area contributed by atoms with Gasteiger partial charge in [0.1, 0.15) is 12.6 Å². The molecule has 0 heterocycles. The molecule has 4 rings (SSSR count). The highest BCUT2D eigenvalue weighted by Crippen LogP contribution is 2.27. The predicted molar refractivity (Wildman–Crippen MR) is 184 cm³/mol. The maximum atomic E-state index is 14.5. The van der Waals surface area contributed by atoms with E-state index in [-0.39, 0.29) is 23.8 Å². The van der Waals surface area contributed by atoms with Crippen molar-refractivity contribution in [2.75, 3.05) is 10.8 Å². The average molecular weight is 711 g/mol. The van der Waals surface area contributed by atoms with E-state index in [9.17, 15) is 18.0 Å². The number of sulfonamides is 1. The molecule has 0 aliphatic rings. The summed E-state index contributed by atoms with van der Waals surface area (Å²) in [6.45, 7) is 7.03. The highest BCUT2D eigenvalue weighted by atomic mass is 79.9. The smallest absolute Gasteiger partial charge is 0.264 e. The molecule has 0 saturated heterocycles. The summed E-state index contributed by atoms with van der Waals surface area (Å²) in [5.74, 6) is -0.876. The van der Waals surface area contributed by atoms with Gasteiger partial charge in [-0.1, -0.05) is 87.7 Å². The highest BCUT2D eigenvalue weighted by molar-refractivity contribution is 9.10. The van der Waals surface area contributed by atoms with Gasteiger partial charge < -0.3 is 10.2 Å². The molecular weight excluding hydrogens is 674 g/mol. The molecule has 0 unspecified atom stereocenters. The molecule has 236 valence electrons. The van der Waals surface area contributed by atoms with Gasteiger partial charge in [0.05, 0.1) is 10.6 Å². The third-order valence-corrected chi connectivity index (χ3v) is 9.61. The van der Waals surface area contributed by atoms with Crippen molar-refractivity contribution in [1.82, 2.24) is 10.2 Å². The van der Waals surface area contributed by atoms with Crippen molar-refractivity contribution in [2.24, 2.45) is 0 Å². The maximum absolute atomic E-state index is 14.5. The van der Waals surface area contributed by atoms with Crippen molar-refractivity contribution in [1.29, 1.82) is 0 Å². The molecule has 1 atom stereocenters. The zero-order valence-corrected chi connectivity index (χ0v) is 28.9. The Hall–Kier alpha value is -3.66. The fourth-order valence-corrected chi connectivity index (χ4v) is 6.57. The molecule has 0 spiro atoms. The maximum Gasteiger partial charge on any atom is 0.264 e. The molecule has 0 saturated carbocycles. The number of nitrogens with one attached hydrogen (secondary N) is 1. The first-order valence-corrected chi connectivity index (χ1v) is 17.1. The van der Waals surface area contributed by atoms with Crippen molar-refractivity contribution in [2.45, 2.75) is 57.1 Å². The second kappa shape index (κ2) is 14.6. The number of anilines is 1. The zero-order chi connectivity index (χ0) is 32.8. The largest absolute Gasteiger partial charge is 0.350 e. The number of amides is 2. The molecule has 0 aliphatic heterocycles. The van der Waals surface area contributed by atoms with Crippen LogP contribution in [0.1, 0.15) is 37.5 Å². The van der Waals surface area contributed by atoms with Gasteiger partial charge in [-0.25, -0.2) is 8.42 Å². The van der Waals surface area contributed by atoms with Crippen LogP contribution in [0.25, 0.3) is 0 Å². The fourth-order valence-electron chi connectivity index (χ4n) is 4.77. The number of halogens is 2. The third-order valence-electron chi connectivity index (χ3n) is 7.04. The zero-order valence-electron chi connectivity index (χ0n) is 25.7. The monoisotopic (exact) mass is 709 g/mol. The Bertz CT molecular complexity index is 1710. The van der Waals surface area contributed by atoms with E-state index in [0.29, 0.717) is 10.7 Å². The Morgan fingerprint density at radius 3 is 2.02 bits per heavy atom. The third kappa shape index (κ3) is 9.42. The van der Waals surface area contributed by atoms with Crippen molar-refractivity contribution in [3.63, 3.8) is 0 Å². The van der Waals surface area contributed by atoms with Gasteiger partial charge >= 0.3 is 0 Å². The standard InChI is InChI=1S/C35H37BrClN3O4S/c1-25-10-20-31(21-11-25)45(43,44)40(30-18-14-28(36)15-19-30)24-33(41)39(23-27-12-16-29(37)17-13-27)32(34(42)38-35(2,3)4)22-26-8-6-5-7-9-26/h5-21,32H,22-24H2,1-4H3,(H,38,42)/t32-/m0/s1. The van der Waals surface area contributed by atoms with Crippen LogP contribution in [0.15, 0.2) is 112 Å². The van der Waals surface area contributed by atoms with Gasteiger partial charge in [0, 0.05) is 28.0 Å². The van der Waals surface area contributed by atoms with Gasteiger partial charge in [0.25, 0.3) is 10.0 Å².